The van der Waals surface area contributed by atoms with Crippen molar-refractivity contribution in [2.45, 2.75) is 26.8 Å². The maximum Gasteiger partial charge on any atom is 0.259 e. The molecule has 3 rings (SSSR count). The molecule has 0 unspecified atom stereocenters. The van der Waals surface area contributed by atoms with Crippen LogP contribution in [0.25, 0.3) is 5.78 Å². The molecule has 102 valence electrons. The second kappa shape index (κ2) is 4.96. The van der Waals surface area contributed by atoms with Crippen LogP contribution in [0.5, 0.6) is 0 Å². The van der Waals surface area contributed by atoms with Gasteiger partial charge in [0.2, 0.25) is 5.78 Å². The van der Waals surface area contributed by atoms with Crippen molar-refractivity contribution in [3.8, 4) is 0 Å². The van der Waals surface area contributed by atoms with E-state index in [4.69, 9.17) is 0 Å². The number of nitrogens with zero attached hydrogens (tertiary/aromatic N) is 3. The molecule has 0 radical (unpaired) electrons. The van der Waals surface area contributed by atoms with Crippen LogP contribution in [-0.2, 0) is 13.0 Å². The summed E-state index contributed by atoms with van der Waals surface area (Å²) in [6.07, 6.45) is 4.70. The van der Waals surface area contributed by atoms with Crippen LogP contribution in [0.1, 0.15) is 23.7 Å². The Balaban J connectivity index is 2.04. The van der Waals surface area contributed by atoms with E-state index < -0.39 is 0 Å². The molecule has 0 fully saturated rings. The van der Waals surface area contributed by atoms with E-state index in [-0.39, 0.29) is 5.56 Å². The Kier molecular flexibility index (Phi) is 3.14. The predicted molar refractivity (Wildman–Crippen MR) is 79.1 cm³/mol. The van der Waals surface area contributed by atoms with Crippen LogP contribution in [0.2, 0.25) is 0 Å². The highest BCUT2D eigenvalue weighted by Crippen LogP contribution is 2.10. The molecule has 0 saturated heterocycles. The lowest BCUT2D eigenvalue weighted by Crippen LogP contribution is -2.14. The van der Waals surface area contributed by atoms with Gasteiger partial charge in [0.25, 0.3) is 5.56 Å². The molecule has 0 aliphatic heterocycles. The van der Waals surface area contributed by atoms with Crippen LogP contribution in [0.4, 0.5) is 0 Å². The van der Waals surface area contributed by atoms with E-state index >= 15 is 0 Å². The van der Waals surface area contributed by atoms with E-state index in [1.165, 1.54) is 11.1 Å². The third kappa shape index (κ3) is 2.25. The molecule has 0 amide bonds. The van der Waals surface area contributed by atoms with E-state index in [9.17, 15) is 4.79 Å². The minimum absolute atomic E-state index is 0.0337. The largest absolute Gasteiger partial charge is 0.312 e. The SMILES string of the molecule is CCc1cccc(Cn2ccn3c(=O)cc(C)nc23)c1. The number of aromatic nitrogens is 3. The standard InChI is InChI=1S/C16H17N3O/c1-3-13-5-4-6-14(10-13)11-18-7-8-19-15(20)9-12(2)17-16(18)19/h4-10H,3,11H2,1-2H3. The normalized spacial score (nSPS) is 11.1. The molecule has 2 heterocycles. The molecule has 4 heteroatoms. The van der Waals surface area contributed by atoms with Crippen LogP contribution in [0.15, 0.2) is 47.5 Å². The number of benzene rings is 1. The third-order valence-electron chi connectivity index (χ3n) is 3.47. The highest BCUT2D eigenvalue weighted by Gasteiger charge is 2.06. The number of fused-ring (bicyclic) bond motifs is 1. The van der Waals surface area contributed by atoms with E-state index in [1.54, 1.807) is 16.7 Å². The lowest BCUT2D eigenvalue weighted by molar-refractivity contribution is 0.804. The molecular formula is C16H17N3O. The lowest BCUT2D eigenvalue weighted by Gasteiger charge is -2.06. The first-order valence-corrected chi connectivity index (χ1v) is 6.80. The van der Waals surface area contributed by atoms with Gasteiger partial charge in [-0.15, -0.1) is 0 Å². The molecule has 0 aliphatic rings. The molecule has 0 atom stereocenters. The minimum Gasteiger partial charge on any atom is -0.312 e. The van der Waals surface area contributed by atoms with E-state index in [2.05, 4.69) is 36.2 Å². The summed E-state index contributed by atoms with van der Waals surface area (Å²) in [5, 5.41) is 0. The van der Waals surface area contributed by atoms with Gasteiger partial charge in [-0.25, -0.2) is 4.98 Å². The Bertz CT molecular complexity index is 814. The Morgan fingerprint density at radius 3 is 2.75 bits per heavy atom. The van der Waals surface area contributed by atoms with Crippen molar-refractivity contribution in [3.63, 3.8) is 0 Å². The number of rotatable bonds is 3. The second-order valence-electron chi connectivity index (χ2n) is 5.01. The summed E-state index contributed by atoms with van der Waals surface area (Å²) in [5.41, 5.74) is 3.25. The Labute approximate surface area is 117 Å². The lowest BCUT2D eigenvalue weighted by atomic mass is 10.1. The van der Waals surface area contributed by atoms with Crippen molar-refractivity contribution >= 4 is 5.78 Å². The molecule has 2 aromatic heterocycles. The first kappa shape index (κ1) is 12.7. The third-order valence-corrected chi connectivity index (χ3v) is 3.47. The van der Waals surface area contributed by atoms with E-state index in [0.29, 0.717) is 5.78 Å². The van der Waals surface area contributed by atoms with Gasteiger partial charge in [-0.05, 0) is 24.5 Å². The summed E-state index contributed by atoms with van der Waals surface area (Å²) in [7, 11) is 0. The first-order chi connectivity index (χ1) is 9.67. The monoisotopic (exact) mass is 267 g/mol. The molecule has 3 aromatic rings. The first-order valence-electron chi connectivity index (χ1n) is 6.80. The zero-order valence-corrected chi connectivity index (χ0v) is 11.7. The summed E-state index contributed by atoms with van der Waals surface area (Å²) < 4.78 is 3.58. The Morgan fingerprint density at radius 1 is 1.15 bits per heavy atom. The van der Waals surface area contributed by atoms with Crippen molar-refractivity contribution in [2.75, 3.05) is 0 Å². The van der Waals surface area contributed by atoms with Crippen molar-refractivity contribution in [2.24, 2.45) is 0 Å². The summed E-state index contributed by atoms with van der Waals surface area (Å²) in [5.74, 6) is 0.692. The van der Waals surface area contributed by atoms with Crippen LogP contribution in [-0.4, -0.2) is 14.0 Å². The van der Waals surface area contributed by atoms with Crippen LogP contribution >= 0.6 is 0 Å². The molecule has 0 spiro atoms. The van der Waals surface area contributed by atoms with Gasteiger partial charge in [-0.3, -0.25) is 9.20 Å². The number of hydrogen-bond acceptors (Lipinski definition) is 2. The maximum atomic E-state index is 11.9. The van der Waals surface area contributed by atoms with Crippen LogP contribution in [0, 0.1) is 6.92 Å². The topological polar surface area (TPSA) is 39.3 Å². The number of aryl methyl sites for hydroxylation is 2. The zero-order valence-electron chi connectivity index (χ0n) is 11.7. The van der Waals surface area contributed by atoms with Crippen molar-refractivity contribution < 1.29 is 0 Å². The van der Waals surface area contributed by atoms with Gasteiger partial charge in [-0.2, -0.15) is 0 Å². The van der Waals surface area contributed by atoms with Crippen molar-refractivity contribution in [1.29, 1.82) is 0 Å². The van der Waals surface area contributed by atoms with Crippen LogP contribution < -0.4 is 5.56 Å². The fourth-order valence-corrected chi connectivity index (χ4v) is 2.42. The summed E-state index contributed by atoms with van der Waals surface area (Å²) in [6, 6.07) is 10.1. The average molecular weight is 267 g/mol. The fraction of sp³-hybridized carbons (Fsp3) is 0.250. The van der Waals surface area contributed by atoms with E-state index in [1.807, 2.05) is 17.7 Å². The second-order valence-corrected chi connectivity index (χ2v) is 5.01. The molecule has 0 bridgehead atoms. The predicted octanol–water partition coefficient (Wildman–Crippen LogP) is 2.42. The maximum absolute atomic E-state index is 11.9. The molecule has 1 aromatic carbocycles. The number of imidazole rings is 1. The highest BCUT2D eigenvalue weighted by atomic mass is 16.1. The Morgan fingerprint density at radius 2 is 1.95 bits per heavy atom. The summed E-state index contributed by atoms with van der Waals surface area (Å²) in [6.45, 7) is 4.71. The van der Waals surface area contributed by atoms with Gasteiger partial charge in [0.15, 0.2) is 0 Å². The zero-order chi connectivity index (χ0) is 14.1. The van der Waals surface area contributed by atoms with Crippen molar-refractivity contribution in [3.05, 3.63) is 69.9 Å². The summed E-state index contributed by atoms with van der Waals surface area (Å²) in [4.78, 5) is 16.3. The summed E-state index contributed by atoms with van der Waals surface area (Å²) >= 11 is 0. The van der Waals surface area contributed by atoms with Gasteiger partial charge in [0, 0.05) is 24.2 Å². The smallest absolute Gasteiger partial charge is 0.259 e. The van der Waals surface area contributed by atoms with Crippen LogP contribution in [0.3, 0.4) is 0 Å². The molecule has 0 saturated carbocycles. The number of hydrogen-bond donors (Lipinski definition) is 0. The molecule has 0 N–H and O–H groups in total. The van der Waals surface area contributed by atoms with Gasteiger partial charge >= 0.3 is 0 Å². The van der Waals surface area contributed by atoms with Gasteiger partial charge in [0.1, 0.15) is 0 Å². The van der Waals surface area contributed by atoms with Gasteiger partial charge in [0.05, 0.1) is 6.54 Å². The fourth-order valence-electron chi connectivity index (χ4n) is 2.42. The van der Waals surface area contributed by atoms with E-state index in [0.717, 1.165) is 18.7 Å². The highest BCUT2D eigenvalue weighted by molar-refractivity contribution is 5.33. The molecule has 20 heavy (non-hydrogen) atoms. The van der Waals surface area contributed by atoms with Crippen molar-refractivity contribution in [1.82, 2.24) is 14.0 Å². The quantitative estimate of drug-likeness (QED) is 0.731. The molecular weight excluding hydrogens is 250 g/mol. The minimum atomic E-state index is -0.0337. The molecule has 0 aliphatic carbocycles. The van der Waals surface area contributed by atoms with Gasteiger partial charge < -0.3 is 4.57 Å². The van der Waals surface area contributed by atoms with Gasteiger partial charge in [-0.1, -0.05) is 31.2 Å². The molecule has 4 nitrogen and oxygen atoms in total. The Hall–Kier alpha value is -2.36. The average Bonchev–Trinajstić information content (AvgIpc) is 2.82.